The third kappa shape index (κ3) is 5.63. The van der Waals surface area contributed by atoms with E-state index in [-0.39, 0.29) is 44.7 Å². The van der Waals surface area contributed by atoms with E-state index in [9.17, 15) is 19.2 Å². The molecule has 220 valence electrons. The summed E-state index contributed by atoms with van der Waals surface area (Å²) in [7, 11) is 0. The minimum absolute atomic E-state index is 0.124. The highest BCUT2D eigenvalue weighted by Crippen LogP contribution is 2.44. The molecule has 1 saturated heterocycles. The van der Waals surface area contributed by atoms with E-state index in [2.05, 4.69) is 47.8 Å². The first kappa shape index (κ1) is 30.6. The van der Waals surface area contributed by atoms with Gasteiger partial charge >= 0.3 is 5.97 Å². The van der Waals surface area contributed by atoms with Crippen LogP contribution in [-0.2, 0) is 14.3 Å². The summed E-state index contributed by atoms with van der Waals surface area (Å²) in [6.45, 7) is 1.41. The molecule has 2 fully saturated rings. The van der Waals surface area contributed by atoms with Gasteiger partial charge in [0.15, 0.2) is 6.61 Å². The van der Waals surface area contributed by atoms with E-state index < -0.39 is 12.6 Å². The number of ketones is 1. The second kappa shape index (κ2) is 12.2. The fraction of sp³-hybridized carbons (Fsp3) is 0.258. The van der Waals surface area contributed by atoms with Crippen molar-refractivity contribution in [3.05, 3.63) is 79.4 Å². The molecule has 0 radical (unpaired) electrons. The molecule has 2 aliphatic rings. The summed E-state index contributed by atoms with van der Waals surface area (Å²) in [5.74, 6) is -2.03. The molecular formula is C31H22Br3ClN2O5S. The highest BCUT2D eigenvalue weighted by atomic mass is 79.9. The molecule has 4 atom stereocenters. The van der Waals surface area contributed by atoms with Gasteiger partial charge in [-0.1, -0.05) is 61.7 Å². The van der Waals surface area contributed by atoms with Crippen LogP contribution < -0.4 is 4.90 Å². The number of benzene rings is 2. The molecule has 0 spiro atoms. The van der Waals surface area contributed by atoms with Crippen LogP contribution in [0.25, 0.3) is 22.2 Å². The molecule has 0 bridgehead atoms. The quantitative estimate of drug-likeness (QED) is 0.0846. The topological polar surface area (TPSA) is 93.6 Å². The highest BCUT2D eigenvalue weighted by molar-refractivity contribution is 9.12. The van der Waals surface area contributed by atoms with Crippen molar-refractivity contribution in [1.82, 2.24) is 4.98 Å². The maximum atomic E-state index is 13.4. The van der Waals surface area contributed by atoms with E-state index in [1.165, 1.54) is 16.2 Å². The number of carbonyl (C=O) groups is 4. The predicted molar refractivity (Wildman–Crippen MR) is 178 cm³/mol. The van der Waals surface area contributed by atoms with Gasteiger partial charge in [-0.15, -0.1) is 11.3 Å². The standard InChI is InChI=1S/C31H22Br3ClN2O5S/c1-14-27(35)23(34)9-17-20(31(41)42-13-25(38)26-3-2-8-43-26)12-24(36-28(14)17)15-4-6-16(7-5-15)37-29(39)18-10-21(32)22(33)11-19(18)30(37)40/h2-9,12,18-19,21-22H,10-11,13H2,1H3. The Bertz CT molecular complexity index is 1770. The number of amides is 2. The SMILES string of the molecule is Cc1c(Cl)c(Br)cc2c(C(=O)OCC(=O)c3cccs3)cc(-c3ccc(N4C(=O)C5CC(Br)C(Br)CC5C4=O)cc3)nc12. The van der Waals surface area contributed by atoms with Crippen LogP contribution in [0.3, 0.4) is 0 Å². The molecule has 2 amide bonds. The van der Waals surface area contributed by atoms with E-state index in [1.54, 1.807) is 53.9 Å². The average molecular weight is 810 g/mol. The number of alkyl halides is 2. The second-order valence-corrected chi connectivity index (χ2v) is 15.0. The smallest absolute Gasteiger partial charge is 0.339 e. The molecule has 43 heavy (non-hydrogen) atoms. The number of hydrogen-bond donors (Lipinski definition) is 0. The van der Waals surface area contributed by atoms with Crippen molar-refractivity contribution in [2.24, 2.45) is 11.8 Å². The number of rotatable bonds is 6. The van der Waals surface area contributed by atoms with E-state index in [1.807, 2.05) is 6.92 Å². The summed E-state index contributed by atoms with van der Waals surface area (Å²) in [6, 6.07) is 13.7. The fourth-order valence-corrected chi connectivity index (χ4v) is 8.18. The number of aryl methyl sites for hydroxylation is 1. The number of imide groups is 1. The summed E-state index contributed by atoms with van der Waals surface area (Å²) in [5, 5.41) is 2.77. The zero-order valence-electron chi connectivity index (χ0n) is 22.5. The van der Waals surface area contributed by atoms with Crippen molar-refractivity contribution in [2.75, 3.05) is 11.5 Å². The average Bonchev–Trinajstić information content (AvgIpc) is 3.62. The van der Waals surface area contributed by atoms with Gasteiger partial charge < -0.3 is 4.74 Å². The van der Waals surface area contributed by atoms with Crippen molar-refractivity contribution in [2.45, 2.75) is 29.4 Å². The number of carbonyl (C=O) groups excluding carboxylic acids is 4. The molecule has 1 saturated carbocycles. The first-order valence-electron chi connectivity index (χ1n) is 13.3. The molecule has 1 aliphatic carbocycles. The van der Waals surface area contributed by atoms with Crippen LogP contribution in [0.15, 0.2) is 58.4 Å². The van der Waals surface area contributed by atoms with Crippen molar-refractivity contribution in [1.29, 1.82) is 0 Å². The van der Waals surface area contributed by atoms with E-state index in [0.717, 1.165) is 0 Å². The van der Waals surface area contributed by atoms with Crippen molar-refractivity contribution in [3.8, 4) is 11.3 Å². The number of ether oxygens (including phenoxy) is 1. The zero-order chi connectivity index (χ0) is 30.6. The van der Waals surface area contributed by atoms with Crippen LogP contribution >= 0.6 is 70.7 Å². The third-order valence-corrected chi connectivity index (χ3v) is 12.9. The maximum Gasteiger partial charge on any atom is 0.339 e. The first-order chi connectivity index (χ1) is 20.5. The van der Waals surface area contributed by atoms with E-state index in [0.29, 0.717) is 60.6 Å². The Hall–Kier alpha value is -2.44. The van der Waals surface area contributed by atoms with Crippen molar-refractivity contribution >= 4 is 111 Å². The molecule has 7 nitrogen and oxygen atoms in total. The van der Waals surface area contributed by atoms with Gasteiger partial charge in [-0.25, -0.2) is 9.78 Å². The normalized spacial score (nSPS) is 21.7. The van der Waals surface area contributed by atoms with E-state index >= 15 is 0 Å². The van der Waals surface area contributed by atoms with Gasteiger partial charge in [0.25, 0.3) is 0 Å². The van der Waals surface area contributed by atoms with Crippen LogP contribution in [-0.4, -0.2) is 44.8 Å². The van der Waals surface area contributed by atoms with Crippen LogP contribution in [0.2, 0.25) is 5.02 Å². The Morgan fingerprint density at radius 1 is 1.05 bits per heavy atom. The lowest BCUT2D eigenvalue weighted by Crippen LogP contribution is -2.34. The number of hydrogen-bond acceptors (Lipinski definition) is 7. The number of esters is 1. The third-order valence-electron chi connectivity index (χ3n) is 7.91. The number of Topliss-reactive ketones (excluding diaryl/α,β-unsaturated/α-hetero) is 1. The number of fused-ring (bicyclic) bond motifs is 2. The molecule has 3 heterocycles. The number of nitrogens with zero attached hydrogens (tertiary/aromatic N) is 2. The fourth-order valence-electron chi connectivity index (χ4n) is 5.62. The first-order valence-corrected chi connectivity index (χ1v) is 17.2. The molecule has 1 aliphatic heterocycles. The molecule has 4 aromatic rings. The van der Waals surface area contributed by atoms with Crippen LogP contribution in [0, 0.1) is 18.8 Å². The lowest BCUT2D eigenvalue weighted by Gasteiger charge is -2.29. The van der Waals surface area contributed by atoms with E-state index in [4.69, 9.17) is 21.3 Å². The number of halogens is 4. The summed E-state index contributed by atoms with van der Waals surface area (Å²) in [5.41, 5.74) is 3.01. The maximum absolute atomic E-state index is 13.4. The Kier molecular flexibility index (Phi) is 8.65. The van der Waals surface area contributed by atoms with Crippen molar-refractivity contribution < 1.29 is 23.9 Å². The zero-order valence-corrected chi connectivity index (χ0v) is 28.8. The van der Waals surface area contributed by atoms with Crippen LogP contribution in [0.4, 0.5) is 5.69 Å². The minimum Gasteiger partial charge on any atom is -0.454 e. The number of thiophene rings is 1. The molecule has 12 heteroatoms. The Labute approximate surface area is 281 Å². The summed E-state index contributed by atoms with van der Waals surface area (Å²) in [4.78, 5) is 59.2. The van der Waals surface area contributed by atoms with Gasteiger partial charge in [-0.3, -0.25) is 19.3 Å². The molecule has 4 unspecified atom stereocenters. The van der Waals surface area contributed by atoms with Gasteiger partial charge in [0.1, 0.15) is 0 Å². The van der Waals surface area contributed by atoms with Gasteiger partial charge in [0.05, 0.1) is 44.2 Å². The lowest BCUT2D eigenvalue weighted by atomic mass is 9.81. The summed E-state index contributed by atoms with van der Waals surface area (Å²) >= 11 is 18.5. The number of aromatic nitrogens is 1. The largest absolute Gasteiger partial charge is 0.454 e. The second-order valence-electron chi connectivity index (χ2n) is 10.5. The Morgan fingerprint density at radius 3 is 2.30 bits per heavy atom. The van der Waals surface area contributed by atoms with Gasteiger partial charge in [-0.2, -0.15) is 0 Å². The predicted octanol–water partition coefficient (Wildman–Crippen LogP) is 8.15. The Morgan fingerprint density at radius 2 is 1.70 bits per heavy atom. The Balaban J connectivity index is 1.33. The van der Waals surface area contributed by atoms with Crippen LogP contribution in [0.5, 0.6) is 0 Å². The molecule has 2 aromatic carbocycles. The molecular weight excluding hydrogens is 788 g/mol. The van der Waals surface area contributed by atoms with Crippen molar-refractivity contribution in [3.63, 3.8) is 0 Å². The summed E-state index contributed by atoms with van der Waals surface area (Å²) < 4.78 is 6.05. The molecule has 0 N–H and O–H groups in total. The molecule has 2 aromatic heterocycles. The monoisotopic (exact) mass is 806 g/mol. The minimum atomic E-state index is -0.671. The van der Waals surface area contributed by atoms with Crippen LogP contribution in [0.1, 0.15) is 38.4 Å². The lowest BCUT2D eigenvalue weighted by molar-refractivity contribution is -0.122. The number of anilines is 1. The highest BCUT2D eigenvalue weighted by Gasteiger charge is 2.52. The molecule has 6 rings (SSSR count). The summed E-state index contributed by atoms with van der Waals surface area (Å²) in [6.07, 6.45) is 1.19. The van der Waals surface area contributed by atoms with Gasteiger partial charge in [0.2, 0.25) is 17.6 Å². The van der Waals surface area contributed by atoms with Gasteiger partial charge in [-0.05, 0) is 77.0 Å². The number of pyridine rings is 1. The van der Waals surface area contributed by atoms with Gasteiger partial charge in [0, 0.05) is 25.1 Å².